The number of carbonyl (C=O) groups is 3. The number of benzene rings is 2. The average Bonchev–Trinajstić information content (AvgIpc) is 3.24. The molecular formula is C26H30N4O7S2. The first-order valence-corrected chi connectivity index (χ1v) is 14.8. The SMILES string of the molecule is CCOC(=O)Cn1c(=NC(=O)c2ccc(S(=O)(=O)N3CCN(C(=O)OCC)CC3)cc2)sc2cc(C)ccc21. The number of ether oxygens (including phenoxy) is 2. The number of aryl methyl sites for hydroxylation is 1. The van der Waals surface area contributed by atoms with E-state index in [2.05, 4.69) is 4.99 Å². The molecule has 1 aromatic heterocycles. The van der Waals surface area contributed by atoms with Crippen LogP contribution in [0.1, 0.15) is 29.8 Å². The van der Waals surface area contributed by atoms with Crippen molar-refractivity contribution in [2.45, 2.75) is 32.2 Å². The number of carbonyl (C=O) groups excluding carboxylic acids is 3. The van der Waals surface area contributed by atoms with Crippen molar-refractivity contribution in [1.82, 2.24) is 13.8 Å². The summed E-state index contributed by atoms with van der Waals surface area (Å²) in [5, 5.41) is 0. The molecule has 1 fully saturated rings. The molecule has 0 atom stereocenters. The molecule has 0 saturated carbocycles. The predicted octanol–water partition coefficient (Wildman–Crippen LogP) is 2.78. The molecule has 0 N–H and O–H groups in total. The van der Waals surface area contributed by atoms with Gasteiger partial charge in [0, 0.05) is 31.7 Å². The lowest BCUT2D eigenvalue weighted by Crippen LogP contribution is -2.50. The highest BCUT2D eigenvalue weighted by Crippen LogP contribution is 2.21. The Bertz CT molecular complexity index is 1550. The molecule has 39 heavy (non-hydrogen) atoms. The van der Waals surface area contributed by atoms with E-state index >= 15 is 0 Å². The summed E-state index contributed by atoms with van der Waals surface area (Å²) in [7, 11) is -3.81. The molecule has 11 nitrogen and oxygen atoms in total. The van der Waals surface area contributed by atoms with Crippen molar-refractivity contribution >= 4 is 49.5 Å². The van der Waals surface area contributed by atoms with Crippen LogP contribution in [0.15, 0.2) is 52.4 Å². The highest BCUT2D eigenvalue weighted by atomic mass is 32.2. The number of hydrogen-bond acceptors (Lipinski definition) is 8. The minimum Gasteiger partial charge on any atom is -0.465 e. The Morgan fingerprint density at radius 2 is 1.62 bits per heavy atom. The fraction of sp³-hybridized carbons (Fsp3) is 0.385. The molecule has 0 bridgehead atoms. The average molecular weight is 575 g/mol. The number of esters is 1. The van der Waals surface area contributed by atoms with Crippen LogP contribution in [0.5, 0.6) is 0 Å². The summed E-state index contributed by atoms with van der Waals surface area (Å²) in [6.45, 7) is 6.53. The molecule has 0 aliphatic carbocycles. The standard InChI is InChI=1S/C26H30N4O7S2/c1-4-36-23(31)17-30-21-11-6-18(3)16-22(21)38-25(30)27-24(32)19-7-9-20(10-8-19)39(34,35)29-14-12-28(13-15-29)26(33)37-5-2/h6-11,16H,4-5,12-15,17H2,1-3H3. The summed E-state index contributed by atoms with van der Waals surface area (Å²) < 4.78 is 40.1. The van der Waals surface area contributed by atoms with Crippen LogP contribution < -0.4 is 4.80 Å². The third-order valence-electron chi connectivity index (χ3n) is 6.13. The number of rotatable bonds is 7. The Labute approximate surface area is 230 Å². The van der Waals surface area contributed by atoms with Gasteiger partial charge in [-0.2, -0.15) is 9.30 Å². The first-order chi connectivity index (χ1) is 18.6. The van der Waals surface area contributed by atoms with Crippen LogP contribution in [0.3, 0.4) is 0 Å². The zero-order valence-corrected chi connectivity index (χ0v) is 23.6. The molecule has 208 valence electrons. The number of amides is 2. The van der Waals surface area contributed by atoms with Crippen LogP contribution in [0.4, 0.5) is 4.79 Å². The van der Waals surface area contributed by atoms with Gasteiger partial charge in [-0.15, -0.1) is 0 Å². The molecule has 1 aliphatic rings. The van der Waals surface area contributed by atoms with Gasteiger partial charge in [0.2, 0.25) is 10.0 Å². The first kappa shape index (κ1) is 28.5. The van der Waals surface area contributed by atoms with Crippen molar-refractivity contribution in [2.75, 3.05) is 39.4 Å². The van der Waals surface area contributed by atoms with E-state index in [0.717, 1.165) is 15.8 Å². The Balaban J connectivity index is 1.55. The number of fused-ring (bicyclic) bond motifs is 1. The van der Waals surface area contributed by atoms with Crippen molar-refractivity contribution in [3.8, 4) is 0 Å². The van der Waals surface area contributed by atoms with Crippen molar-refractivity contribution in [2.24, 2.45) is 4.99 Å². The van der Waals surface area contributed by atoms with E-state index in [0.29, 0.717) is 4.80 Å². The highest BCUT2D eigenvalue weighted by Gasteiger charge is 2.30. The Morgan fingerprint density at radius 3 is 2.26 bits per heavy atom. The second-order valence-electron chi connectivity index (χ2n) is 8.78. The fourth-order valence-corrected chi connectivity index (χ4v) is 6.70. The molecule has 3 aromatic rings. The number of nitrogens with zero attached hydrogens (tertiary/aromatic N) is 4. The molecule has 4 rings (SSSR count). The highest BCUT2D eigenvalue weighted by molar-refractivity contribution is 7.89. The van der Waals surface area contributed by atoms with Gasteiger partial charge in [-0.05, 0) is 62.7 Å². The summed E-state index contributed by atoms with van der Waals surface area (Å²) in [6, 6.07) is 11.3. The largest absolute Gasteiger partial charge is 0.465 e. The second kappa shape index (κ2) is 12.1. The maximum Gasteiger partial charge on any atom is 0.409 e. The molecular weight excluding hydrogens is 544 g/mol. The molecule has 2 heterocycles. The summed E-state index contributed by atoms with van der Waals surface area (Å²) in [5.74, 6) is -1.01. The summed E-state index contributed by atoms with van der Waals surface area (Å²) in [4.78, 5) is 43.3. The Hall–Kier alpha value is -3.55. The maximum atomic E-state index is 13.1. The molecule has 13 heteroatoms. The summed E-state index contributed by atoms with van der Waals surface area (Å²) in [6.07, 6.45) is -0.460. The molecule has 1 saturated heterocycles. The molecule has 1 aliphatic heterocycles. The Kier molecular flexibility index (Phi) is 8.83. The van der Waals surface area contributed by atoms with E-state index in [4.69, 9.17) is 9.47 Å². The minimum atomic E-state index is -3.81. The third kappa shape index (κ3) is 6.37. The number of hydrogen-bond donors (Lipinski definition) is 0. The van der Waals surface area contributed by atoms with E-state index in [1.807, 2.05) is 25.1 Å². The third-order valence-corrected chi connectivity index (χ3v) is 9.09. The van der Waals surface area contributed by atoms with E-state index in [1.165, 1.54) is 44.8 Å². The van der Waals surface area contributed by atoms with Gasteiger partial charge in [0.15, 0.2) is 4.80 Å². The van der Waals surface area contributed by atoms with E-state index in [-0.39, 0.29) is 56.4 Å². The lowest BCUT2D eigenvalue weighted by molar-refractivity contribution is -0.143. The van der Waals surface area contributed by atoms with Gasteiger partial charge in [-0.25, -0.2) is 13.2 Å². The van der Waals surface area contributed by atoms with Crippen LogP contribution in [-0.2, 0) is 30.8 Å². The lowest BCUT2D eigenvalue weighted by atomic mass is 10.2. The van der Waals surface area contributed by atoms with E-state index in [1.54, 1.807) is 18.4 Å². The van der Waals surface area contributed by atoms with Crippen molar-refractivity contribution in [3.63, 3.8) is 0 Å². The molecule has 0 spiro atoms. The quantitative estimate of drug-likeness (QED) is 0.397. The van der Waals surface area contributed by atoms with E-state index < -0.39 is 28.0 Å². The Morgan fingerprint density at radius 1 is 0.949 bits per heavy atom. The van der Waals surface area contributed by atoms with Gasteiger partial charge in [-0.1, -0.05) is 17.4 Å². The number of piperazine rings is 1. The fourth-order valence-electron chi connectivity index (χ4n) is 4.15. The van der Waals surface area contributed by atoms with Crippen LogP contribution in [0.25, 0.3) is 10.2 Å². The number of thiazole rings is 1. The minimum absolute atomic E-state index is 0.0401. The van der Waals surface area contributed by atoms with Gasteiger partial charge < -0.3 is 18.9 Å². The van der Waals surface area contributed by atoms with Gasteiger partial charge >= 0.3 is 12.1 Å². The first-order valence-electron chi connectivity index (χ1n) is 12.5. The van der Waals surface area contributed by atoms with Gasteiger partial charge in [0.1, 0.15) is 6.54 Å². The number of sulfonamides is 1. The van der Waals surface area contributed by atoms with Crippen LogP contribution in [-0.4, -0.2) is 79.6 Å². The second-order valence-corrected chi connectivity index (χ2v) is 11.7. The van der Waals surface area contributed by atoms with Crippen LogP contribution in [0, 0.1) is 6.92 Å². The zero-order chi connectivity index (χ0) is 28.2. The van der Waals surface area contributed by atoms with Crippen molar-refractivity contribution in [1.29, 1.82) is 0 Å². The normalized spacial score (nSPS) is 14.9. The monoisotopic (exact) mass is 574 g/mol. The number of aromatic nitrogens is 1. The van der Waals surface area contributed by atoms with Crippen LogP contribution >= 0.6 is 11.3 Å². The summed E-state index contributed by atoms with van der Waals surface area (Å²) >= 11 is 1.28. The maximum absolute atomic E-state index is 13.1. The predicted molar refractivity (Wildman–Crippen MR) is 145 cm³/mol. The zero-order valence-electron chi connectivity index (χ0n) is 22.0. The van der Waals surface area contributed by atoms with Gasteiger partial charge in [-0.3, -0.25) is 9.59 Å². The summed E-state index contributed by atoms with van der Waals surface area (Å²) in [5.41, 5.74) is 2.00. The van der Waals surface area contributed by atoms with Crippen LogP contribution in [0.2, 0.25) is 0 Å². The molecule has 2 aromatic carbocycles. The molecule has 0 radical (unpaired) electrons. The lowest BCUT2D eigenvalue weighted by Gasteiger charge is -2.33. The molecule has 0 unspecified atom stereocenters. The van der Waals surface area contributed by atoms with Crippen molar-refractivity contribution < 1.29 is 32.3 Å². The van der Waals surface area contributed by atoms with Gasteiger partial charge in [0.25, 0.3) is 5.91 Å². The van der Waals surface area contributed by atoms with E-state index in [9.17, 15) is 22.8 Å². The smallest absolute Gasteiger partial charge is 0.409 e. The van der Waals surface area contributed by atoms with Crippen molar-refractivity contribution in [3.05, 3.63) is 58.4 Å². The topological polar surface area (TPSA) is 128 Å². The van der Waals surface area contributed by atoms with Gasteiger partial charge in [0.05, 0.1) is 28.3 Å². The molecule has 2 amide bonds.